The van der Waals surface area contributed by atoms with Gasteiger partial charge in [0.1, 0.15) is 6.04 Å². The maximum atomic E-state index is 12.5. The minimum absolute atomic E-state index is 0.185. The number of halogens is 2. The van der Waals surface area contributed by atoms with Crippen LogP contribution in [-0.2, 0) is 9.53 Å². The summed E-state index contributed by atoms with van der Waals surface area (Å²) in [7, 11) is 0. The molecule has 0 aromatic heterocycles. The van der Waals surface area contributed by atoms with E-state index in [-0.39, 0.29) is 11.9 Å². The van der Waals surface area contributed by atoms with Crippen LogP contribution in [0.15, 0.2) is 22.7 Å². The molecule has 0 N–H and O–H groups in total. The highest BCUT2D eigenvalue weighted by Gasteiger charge is 2.35. The predicted molar refractivity (Wildman–Crippen MR) is 79.8 cm³/mol. The van der Waals surface area contributed by atoms with Crippen LogP contribution < -0.4 is 0 Å². The normalized spacial score (nSPS) is 18.1. The van der Waals surface area contributed by atoms with Gasteiger partial charge < -0.3 is 9.64 Å². The van der Waals surface area contributed by atoms with Gasteiger partial charge in [-0.2, -0.15) is 0 Å². The van der Waals surface area contributed by atoms with Crippen LogP contribution in [0.2, 0.25) is 5.02 Å². The maximum Gasteiger partial charge on any atom is 0.328 e. The molecule has 1 fully saturated rings. The third-order valence-electron chi connectivity index (χ3n) is 3.24. The summed E-state index contributed by atoms with van der Waals surface area (Å²) in [4.78, 5) is 25.9. The van der Waals surface area contributed by atoms with E-state index in [4.69, 9.17) is 16.3 Å². The lowest BCUT2D eigenvalue weighted by atomic mass is 10.1. The van der Waals surface area contributed by atoms with Crippen LogP contribution in [0, 0.1) is 0 Å². The molecule has 1 unspecified atom stereocenters. The first kappa shape index (κ1) is 15.3. The minimum Gasteiger partial charge on any atom is -0.464 e. The van der Waals surface area contributed by atoms with Gasteiger partial charge in [-0.15, -0.1) is 0 Å². The number of esters is 1. The Labute approximate surface area is 131 Å². The summed E-state index contributed by atoms with van der Waals surface area (Å²) in [6.07, 6.45) is 1.45. The average molecular weight is 361 g/mol. The Balaban J connectivity index is 2.18. The van der Waals surface area contributed by atoms with E-state index < -0.39 is 6.04 Å². The molecule has 1 aromatic carbocycles. The van der Waals surface area contributed by atoms with Crippen LogP contribution in [0.3, 0.4) is 0 Å². The van der Waals surface area contributed by atoms with Crippen LogP contribution in [0.1, 0.15) is 30.1 Å². The van der Waals surface area contributed by atoms with Gasteiger partial charge in [-0.1, -0.05) is 11.6 Å². The Morgan fingerprint density at radius 3 is 2.90 bits per heavy atom. The molecular weight excluding hydrogens is 346 g/mol. The zero-order chi connectivity index (χ0) is 14.7. The standard InChI is InChI=1S/C14H15BrClNO3/c1-2-20-14(19)12-4-3-7-17(12)13(18)9-5-6-10(15)11(16)8-9/h5-6,8,12H,2-4,7H2,1H3. The lowest BCUT2D eigenvalue weighted by molar-refractivity contribution is -0.147. The van der Waals surface area contributed by atoms with Crippen LogP contribution in [0.5, 0.6) is 0 Å². The molecule has 1 aliphatic heterocycles. The molecule has 1 saturated heterocycles. The number of hydrogen-bond donors (Lipinski definition) is 0. The number of carbonyl (C=O) groups excluding carboxylic acids is 2. The van der Waals surface area contributed by atoms with Crippen LogP contribution in [-0.4, -0.2) is 36.0 Å². The van der Waals surface area contributed by atoms with Crippen molar-refractivity contribution in [2.24, 2.45) is 0 Å². The SMILES string of the molecule is CCOC(=O)C1CCCN1C(=O)c1ccc(Br)c(Cl)c1. The van der Waals surface area contributed by atoms with E-state index in [9.17, 15) is 9.59 Å². The molecule has 0 spiro atoms. The Hall–Kier alpha value is -1.07. The summed E-state index contributed by atoms with van der Waals surface area (Å²) in [5, 5.41) is 0.475. The molecule has 4 nitrogen and oxygen atoms in total. The van der Waals surface area contributed by atoms with E-state index >= 15 is 0 Å². The quantitative estimate of drug-likeness (QED) is 0.777. The van der Waals surface area contributed by atoms with E-state index in [1.807, 2.05) is 0 Å². The number of amides is 1. The lowest BCUT2D eigenvalue weighted by Gasteiger charge is -2.23. The van der Waals surface area contributed by atoms with Gasteiger partial charge in [0.15, 0.2) is 0 Å². The predicted octanol–water partition coefficient (Wildman–Crippen LogP) is 3.27. The van der Waals surface area contributed by atoms with Gasteiger partial charge in [0.2, 0.25) is 0 Å². The Morgan fingerprint density at radius 2 is 2.25 bits per heavy atom. The smallest absolute Gasteiger partial charge is 0.328 e. The molecule has 1 amide bonds. The Morgan fingerprint density at radius 1 is 1.50 bits per heavy atom. The van der Waals surface area contributed by atoms with Gasteiger partial charge in [-0.3, -0.25) is 4.79 Å². The van der Waals surface area contributed by atoms with Crippen molar-refractivity contribution in [3.05, 3.63) is 33.3 Å². The number of rotatable bonds is 3. The molecular formula is C14H15BrClNO3. The number of hydrogen-bond acceptors (Lipinski definition) is 3. The van der Waals surface area contributed by atoms with E-state index in [0.29, 0.717) is 30.2 Å². The van der Waals surface area contributed by atoms with Crippen molar-refractivity contribution in [1.82, 2.24) is 4.90 Å². The molecule has 1 aromatic rings. The molecule has 0 aliphatic carbocycles. The first-order valence-electron chi connectivity index (χ1n) is 6.47. The number of nitrogens with zero attached hydrogens (tertiary/aromatic N) is 1. The molecule has 1 aliphatic rings. The molecule has 1 heterocycles. The number of carbonyl (C=O) groups is 2. The number of ether oxygens (including phenoxy) is 1. The van der Waals surface area contributed by atoms with Crippen molar-refractivity contribution < 1.29 is 14.3 Å². The maximum absolute atomic E-state index is 12.5. The molecule has 108 valence electrons. The fourth-order valence-corrected chi connectivity index (χ4v) is 2.72. The highest BCUT2D eigenvalue weighted by molar-refractivity contribution is 9.10. The second-order valence-electron chi connectivity index (χ2n) is 4.54. The second-order valence-corrected chi connectivity index (χ2v) is 5.80. The summed E-state index contributed by atoms with van der Waals surface area (Å²) < 4.78 is 5.75. The van der Waals surface area contributed by atoms with E-state index in [2.05, 4.69) is 15.9 Å². The molecule has 2 rings (SSSR count). The third kappa shape index (κ3) is 3.15. The van der Waals surface area contributed by atoms with Crippen LogP contribution >= 0.6 is 27.5 Å². The largest absolute Gasteiger partial charge is 0.464 e. The van der Waals surface area contributed by atoms with Gasteiger partial charge in [0, 0.05) is 16.6 Å². The third-order valence-corrected chi connectivity index (χ3v) is 4.47. The average Bonchev–Trinajstić information content (AvgIpc) is 2.90. The minimum atomic E-state index is -0.482. The summed E-state index contributed by atoms with van der Waals surface area (Å²) in [6, 6.07) is 4.54. The lowest BCUT2D eigenvalue weighted by Crippen LogP contribution is -2.41. The fraction of sp³-hybridized carbons (Fsp3) is 0.429. The summed E-state index contributed by atoms with van der Waals surface area (Å²) in [6.45, 7) is 2.64. The Kier molecular flexibility index (Phi) is 5.05. The fourth-order valence-electron chi connectivity index (χ4n) is 2.29. The van der Waals surface area contributed by atoms with Crippen molar-refractivity contribution >= 4 is 39.4 Å². The van der Waals surface area contributed by atoms with Crippen LogP contribution in [0.25, 0.3) is 0 Å². The highest BCUT2D eigenvalue weighted by atomic mass is 79.9. The van der Waals surface area contributed by atoms with E-state index in [1.54, 1.807) is 30.0 Å². The summed E-state index contributed by atoms with van der Waals surface area (Å²) in [5.41, 5.74) is 0.481. The Bertz CT molecular complexity index is 535. The molecule has 0 radical (unpaired) electrons. The van der Waals surface area contributed by atoms with Crippen molar-refractivity contribution in [2.75, 3.05) is 13.2 Å². The first-order valence-corrected chi connectivity index (χ1v) is 7.64. The van der Waals surface area contributed by atoms with Crippen LogP contribution in [0.4, 0.5) is 0 Å². The first-order chi connectivity index (χ1) is 9.54. The van der Waals surface area contributed by atoms with Gasteiger partial charge in [0.05, 0.1) is 11.6 Å². The molecule has 6 heteroatoms. The second kappa shape index (κ2) is 6.59. The molecule has 0 saturated carbocycles. The van der Waals surface area contributed by atoms with Crippen molar-refractivity contribution in [3.63, 3.8) is 0 Å². The van der Waals surface area contributed by atoms with Crippen molar-refractivity contribution in [3.8, 4) is 0 Å². The summed E-state index contributed by atoms with van der Waals surface area (Å²) >= 11 is 9.29. The van der Waals surface area contributed by atoms with Gasteiger partial charge >= 0.3 is 5.97 Å². The zero-order valence-corrected chi connectivity index (χ0v) is 13.4. The van der Waals surface area contributed by atoms with Gasteiger partial charge in [0.25, 0.3) is 5.91 Å². The van der Waals surface area contributed by atoms with E-state index in [0.717, 1.165) is 10.9 Å². The molecule has 20 heavy (non-hydrogen) atoms. The molecule has 0 bridgehead atoms. The topological polar surface area (TPSA) is 46.6 Å². The van der Waals surface area contributed by atoms with Crippen molar-refractivity contribution in [2.45, 2.75) is 25.8 Å². The zero-order valence-electron chi connectivity index (χ0n) is 11.1. The summed E-state index contributed by atoms with van der Waals surface area (Å²) in [5.74, 6) is -0.517. The molecule has 1 atom stereocenters. The number of likely N-dealkylation sites (tertiary alicyclic amines) is 1. The van der Waals surface area contributed by atoms with Gasteiger partial charge in [-0.05, 0) is 53.9 Å². The monoisotopic (exact) mass is 359 g/mol. The van der Waals surface area contributed by atoms with Crippen molar-refractivity contribution in [1.29, 1.82) is 0 Å². The van der Waals surface area contributed by atoms with Gasteiger partial charge in [-0.25, -0.2) is 4.79 Å². The van der Waals surface area contributed by atoms with E-state index in [1.165, 1.54) is 0 Å². The highest BCUT2D eigenvalue weighted by Crippen LogP contribution is 2.26. The number of benzene rings is 1.